The lowest BCUT2D eigenvalue weighted by atomic mass is 10.1. The molecule has 120 valence electrons. The lowest BCUT2D eigenvalue weighted by Crippen LogP contribution is -2.51. The van der Waals surface area contributed by atoms with Gasteiger partial charge in [0.25, 0.3) is 0 Å². The monoisotopic (exact) mass is 308 g/mol. The third-order valence-electron chi connectivity index (χ3n) is 5.58. The zero-order chi connectivity index (χ0) is 15.2. The molecule has 3 aliphatic rings. The van der Waals surface area contributed by atoms with Crippen molar-refractivity contribution in [3.05, 3.63) is 42.2 Å². The van der Waals surface area contributed by atoms with E-state index in [2.05, 4.69) is 50.2 Å². The molecule has 2 bridgehead atoms. The molecule has 3 heterocycles. The summed E-state index contributed by atoms with van der Waals surface area (Å²) >= 11 is 0. The number of likely N-dealkylation sites (tertiary alicyclic amines) is 1. The molecule has 0 spiro atoms. The summed E-state index contributed by atoms with van der Waals surface area (Å²) in [7, 11) is 0. The average Bonchev–Trinajstić information content (AvgIpc) is 3.24. The van der Waals surface area contributed by atoms with E-state index in [0.29, 0.717) is 12.1 Å². The largest absolute Gasteiger partial charge is 0.317 e. The summed E-state index contributed by atoms with van der Waals surface area (Å²) in [6.07, 6.45) is 9.44. The first-order valence-corrected chi connectivity index (χ1v) is 8.95. The second-order valence-electron chi connectivity index (χ2n) is 7.43. The van der Waals surface area contributed by atoms with Gasteiger partial charge in [-0.2, -0.15) is 0 Å². The maximum Gasteiger partial charge on any atom is 0.140 e. The molecule has 1 aromatic carbocycles. The van der Waals surface area contributed by atoms with Crippen LogP contribution in [-0.4, -0.2) is 39.6 Å². The fourth-order valence-corrected chi connectivity index (χ4v) is 4.22. The molecule has 4 heteroatoms. The van der Waals surface area contributed by atoms with E-state index >= 15 is 0 Å². The predicted molar refractivity (Wildman–Crippen MR) is 91.2 cm³/mol. The molecular weight excluding hydrogens is 284 g/mol. The molecule has 1 aromatic heterocycles. The summed E-state index contributed by atoms with van der Waals surface area (Å²) in [6.45, 7) is 3.28. The van der Waals surface area contributed by atoms with Gasteiger partial charge in [0.05, 0.1) is 6.67 Å². The van der Waals surface area contributed by atoms with Gasteiger partial charge in [0, 0.05) is 43.1 Å². The quantitative estimate of drug-likeness (QED) is 0.943. The maximum atomic E-state index is 4.62. The van der Waals surface area contributed by atoms with Crippen LogP contribution in [0.3, 0.4) is 0 Å². The van der Waals surface area contributed by atoms with Gasteiger partial charge in [0.1, 0.15) is 5.82 Å². The molecule has 1 N–H and O–H groups in total. The van der Waals surface area contributed by atoms with E-state index in [1.165, 1.54) is 36.8 Å². The molecule has 2 unspecified atom stereocenters. The molecule has 2 aromatic rings. The Morgan fingerprint density at radius 1 is 1.00 bits per heavy atom. The number of benzene rings is 1. The van der Waals surface area contributed by atoms with Crippen molar-refractivity contribution >= 4 is 0 Å². The molecule has 5 rings (SSSR count). The highest BCUT2D eigenvalue weighted by Gasteiger charge is 2.32. The van der Waals surface area contributed by atoms with Crippen molar-refractivity contribution in [2.75, 3.05) is 13.1 Å². The van der Waals surface area contributed by atoms with E-state index in [9.17, 15) is 0 Å². The zero-order valence-corrected chi connectivity index (χ0v) is 13.5. The lowest BCUT2D eigenvalue weighted by Gasteiger charge is -2.33. The molecule has 3 fully saturated rings. The Balaban J connectivity index is 1.34. The molecule has 0 amide bonds. The van der Waals surface area contributed by atoms with Crippen molar-refractivity contribution in [1.82, 2.24) is 19.8 Å². The van der Waals surface area contributed by atoms with Crippen LogP contribution in [0.1, 0.15) is 37.2 Å². The summed E-state index contributed by atoms with van der Waals surface area (Å²) in [5, 5.41) is 3.70. The predicted octanol–water partition coefficient (Wildman–Crippen LogP) is 2.82. The maximum absolute atomic E-state index is 4.62. The van der Waals surface area contributed by atoms with Gasteiger partial charge in [0.15, 0.2) is 0 Å². The number of nitrogens with zero attached hydrogens (tertiary/aromatic N) is 3. The lowest BCUT2D eigenvalue weighted by molar-refractivity contribution is 0.157. The van der Waals surface area contributed by atoms with Crippen molar-refractivity contribution in [3.8, 4) is 11.4 Å². The average molecular weight is 308 g/mol. The van der Waals surface area contributed by atoms with E-state index in [0.717, 1.165) is 31.5 Å². The normalized spacial score (nSPS) is 27.5. The van der Waals surface area contributed by atoms with Crippen LogP contribution >= 0.6 is 0 Å². The van der Waals surface area contributed by atoms with Crippen LogP contribution < -0.4 is 5.32 Å². The third kappa shape index (κ3) is 2.70. The van der Waals surface area contributed by atoms with Gasteiger partial charge >= 0.3 is 0 Å². The minimum Gasteiger partial charge on any atom is -0.317 e. The van der Waals surface area contributed by atoms with Gasteiger partial charge in [-0.3, -0.25) is 4.90 Å². The van der Waals surface area contributed by atoms with E-state index in [1.807, 2.05) is 6.20 Å². The molecule has 0 radical (unpaired) electrons. The fraction of sp³-hybridized carbons (Fsp3) is 0.526. The van der Waals surface area contributed by atoms with Crippen molar-refractivity contribution < 1.29 is 0 Å². The number of fused-ring (bicyclic) bond motifs is 2. The van der Waals surface area contributed by atoms with Crippen LogP contribution in [0.15, 0.2) is 36.7 Å². The Kier molecular flexibility index (Phi) is 3.27. The van der Waals surface area contributed by atoms with Crippen LogP contribution in [0.5, 0.6) is 0 Å². The smallest absolute Gasteiger partial charge is 0.140 e. The van der Waals surface area contributed by atoms with Crippen molar-refractivity contribution in [2.24, 2.45) is 0 Å². The molecule has 2 atom stereocenters. The molecule has 1 saturated carbocycles. The Bertz CT molecular complexity index is 674. The Hall–Kier alpha value is -1.65. The minimum absolute atomic E-state index is 0.693. The molecular formula is C19H24N4. The molecule has 2 saturated heterocycles. The highest BCUT2D eigenvalue weighted by Crippen LogP contribution is 2.40. The summed E-state index contributed by atoms with van der Waals surface area (Å²) in [5.41, 5.74) is 2.73. The van der Waals surface area contributed by atoms with Crippen LogP contribution in [0.25, 0.3) is 11.4 Å². The van der Waals surface area contributed by atoms with Gasteiger partial charge < -0.3 is 9.88 Å². The topological polar surface area (TPSA) is 33.1 Å². The number of hydrogen-bond donors (Lipinski definition) is 1. The van der Waals surface area contributed by atoms with Crippen molar-refractivity contribution in [2.45, 2.75) is 50.4 Å². The van der Waals surface area contributed by atoms with Gasteiger partial charge in [-0.1, -0.05) is 24.3 Å². The highest BCUT2D eigenvalue weighted by atomic mass is 15.3. The minimum atomic E-state index is 0.693. The van der Waals surface area contributed by atoms with E-state index in [4.69, 9.17) is 0 Å². The number of aromatic nitrogens is 2. The first kappa shape index (κ1) is 13.8. The van der Waals surface area contributed by atoms with E-state index in [1.54, 1.807) is 0 Å². The SMILES string of the molecule is c1cn(CN2CC3CCC(C2)N3)c(-c2ccc(C3CC3)cc2)n1. The van der Waals surface area contributed by atoms with Gasteiger partial charge in [0.2, 0.25) is 0 Å². The summed E-state index contributed by atoms with van der Waals surface area (Å²) < 4.78 is 2.30. The first-order valence-electron chi connectivity index (χ1n) is 8.95. The fourth-order valence-electron chi connectivity index (χ4n) is 4.22. The number of piperazine rings is 1. The standard InChI is InChI=1S/C19H24N4/c1-2-14(1)15-3-5-16(6-4-15)19-20-9-10-23(19)13-22-11-17-7-8-18(12-22)21-17/h3-6,9-10,14,17-18,21H,1-2,7-8,11-13H2. The highest BCUT2D eigenvalue weighted by molar-refractivity contribution is 5.56. The molecule has 23 heavy (non-hydrogen) atoms. The van der Waals surface area contributed by atoms with Crippen molar-refractivity contribution in [3.63, 3.8) is 0 Å². The van der Waals surface area contributed by atoms with E-state index in [-0.39, 0.29) is 0 Å². The number of rotatable bonds is 4. The number of nitrogens with one attached hydrogen (secondary N) is 1. The summed E-state index contributed by atoms with van der Waals surface area (Å²) in [4.78, 5) is 7.19. The van der Waals surface area contributed by atoms with Crippen molar-refractivity contribution in [1.29, 1.82) is 0 Å². The number of hydrogen-bond acceptors (Lipinski definition) is 3. The van der Waals surface area contributed by atoms with E-state index < -0.39 is 0 Å². The molecule has 4 nitrogen and oxygen atoms in total. The summed E-state index contributed by atoms with van der Waals surface area (Å²) in [6, 6.07) is 10.5. The second kappa shape index (κ2) is 5.46. The van der Waals surface area contributed by atoms with Gasteiger partial charge in [-0.05, 0) is 37.2 Å². The Morgan fingerprint density at radius 2 is 1.74 bits per heavy atom. The van der Waals surface area contributed by atoms with Crippen LogP contribution in [-0.2, 0) is 6.67 Å². The molecule has 1 aliphatic carbocycles. The Labute approximate surface area is 137 Å². The first-order chi connectivity index (χ1) is 11.3. The second-order valence-corrected chi connectivity index (χ2v) is 7.43. The Morgan fingerprint density at radius 3 is 2.43 bits per heavy atom. The third-order valence-corrected chi connectivity index (χ3v) is 5.58. The number of imidazole rings is 1. The van der Waals surface area contributed by atoms with Crippen LogP contribution in [0.2, 0.25) is 0 Å². The zero-order valence-electron chi connectivity index (χ0n) is 13.5. The van der Waals surface area contributed by atoms with Crippen LogP contribution in [0, 0.1) is 0 Å². The van der Waals surface area contributed by atoms with Crippen LogP contribution in [0.4, 0.5) is 0 Å². The summed E-state index contributed by atoms with van der Waals surface area (Å²) in [5.74, 6) is 1.92. The van der Waals surface area contributed by atoms with Gasteiger partial charge in [-0.25, -0.2) is 4.98 Å². The molecule has 2 aliphatic heterocycles. The van der Waals surface area contributed by atoms with Gasteiger partial charge in [-0.15, -0.1) is 0 Å².